The van der Waals surface area contributed by atoms with Gasteiger partial charge in [-0.05, 0) is 6.92 Å². The summed E-state index contributed by atoms with van der Waals surface area (Å²) in [5.41, 5.74) is 0.571. The predicted molar refractivity (Wildman–Crippen MR) is 57.3 cm³/mol. The van der Waals surface area contributed by atoms with Crippen LogP contribution in [0.2, 0.25) is 0 Å². The second-order valence-corrected chi connectivity index (χ2v) is 3.18. The molecule has 0 saturated heterocycles. The Hall–Kier alpha value is -1.91. The van der Waals surface area contributed by atoms with Crippen LogP contribution >= 0.6 is 0 Å². The highest BCUT2D eigenvalue weighted by Gasteiger charge is 2.18. The summed E-state index contributed by atoms with van der Waals surface area (Å²) in [6.07, 6.45) is 0. The van der Waals surface area contributed by atoms with Gasteiger partial charge in [-0.15, -0.1) is 0 Å². The van der Waals surface area contributed by atoms with Crippen molar-refractivity contribution in [2.45, 2.75) is 13.8 Å². The van der Waals surface area contributed by atoms with E-state index in [1.54, 1.807) is 6.92 Å². The molecule has 1 N–H and O–H groups in total. The lowest BCUT2D eigenvalue weighted by Crippen LogP contribution is -2.04. The second kappa shape index (κ2) is 4.74. The highest BCUT2D eigenvalue weighted by atomic mass is 16.6. The second-order valence-electron chi connectivity index (χ2n) is 3.18. The number of hydrogen-bond acceptors (Lipinski definition) is 5. The molecule has 0 unspecified atom stereocenters. The van der Waals surface area contributed by atoms with E-state index in [1.165, 1.54) is 27.2 Å². The number of ether oxygens (including phenoxy) is 3. The third-order valence-electron chi connectivity index (χ3n) is 2.07. The van der Waals surface area contributed by atoms with Crippen LogP contribution in [0.15, 0.2) is 6.07 Å². The van der Waals surface area contributed by atoms with Crippen molar-refractivity contribution >= 4 is 5.97 Å². The van der Waals surface area contributed by atoms with E-state index >= 15 is 0 Å². The van der Waals surface area contributed by atoms with Gasteiger partial charge in [0.25, 0.3) is 0 Å². The normalized spacial score (nSPS) is 9.75. The summed E-state index contributed by atoms with van der Waals surface area (Å²) in [5.74, 6) is 0.253. The predicted octanol–water partition coefficient (Wildman–Crippen LogP) is 1.64. The number of phenols is 1. The fraction of sp³-hybridized carbons (Fsp3) is 0.364. The average molecular weight is 226 g/mol. The van der Waals surface area contributed by atoms with Gasteiger partial charge in [-0.25, -0.2) is 0 Å². The van der Waals surface area contributed by atoms with Gasteiger partial charge in [0.15, 0.2) is 23.0 Å². The number of hydrogen-bond donors (Lipinski definition) is 1. The van der Waals surface area contributed by atoms with Gasteiger partial charge in [0.05, 0.1) is 14.2 Å². The largest absolute Gasteiger partial charge is 0.504 e. The zero-order valence-corrected chi connectivity index (χ0v) is 9.66. The molecule has 0 aromatic heterocycles. The summed E-state index contributed by atoms with van der Waals surface area (Å²) in [6, 6.07) is 1.28. The maximum Gasteiger partial charge on any atom is 0.308 e. The Labute approximate surface area is 93.6 Å². The summed E-state index contributed by atoms with van der Waals surface area (Å²) in [6.45, 7) is 2.97. The first kappa shape index (κ1) is 12.2. The lowest BCUT2D eigenvalue weighted by molar-refractivity contribution is -0.132. The Morgan fingerprint density at radius 3 is 2.25 bits per heavy atom. The Balaban J connectivity index is 3.34. The van der Waals surface area contributed by atoms with Gasteiger partial charge in [0.2, 0.25) is 0 Å². The summed E-state index contributed by atoms with van der Waals surface area (Å²) in [5, 5.41) is 9.63. The van der Waals surface area contributed by atoms with Crippen molar-refractivity contribution in [3.63, 3.8) is 0 Å². The third-order valence-corrected chi connectivity index (χ3v) is 2.07. The van der Waals surface area contributed by atoms with Crippen LogP contribution in [-0.4, -0.2) is 25.3 Å². The Bertz CT molecular complexity index is 411. The summed E-state index contributed by atoms with van der Waals surface area (Å²) in [4.78, 5) is 10.9. The van der Waals surface area contributed by atoms with E-state index in [0.717, 1.165) is 0 Å². The maximum absolute atomic E-state index is 10.9. The van der Waals surface area contributed by atoms with Crippen molar-refractivity contribution in [2.75, 3.05) is 14.2 Å². The van der Waals surface area contributed by atoms with Crippen LogP contribution in [-0.2, 0) is 4.79 Å². The van der Waals surface area contributed by atoms with Gasteiger partial charge < -0.3 is 19.3 Å². The van der Waals surface area contributed by atoms with E-state index < -0.39 is 5.97 Å². The van der Waals surface area contributed by atoms with Gasteiger partial charge in [-0.2, -0.15) is 0 Å². The third kappa shape index (κ3) is 2.18. The monoisotopic (exact) mass is 226 g/mol. The number of rotatable bonds is 3. The Morgan fingerprint density at radius 2 is 1.81 bits per heavy atom. The molecule has 0 aliphatic carbocycles. The molecule has 1 rings (SSSR count). The molecule has 5 nitrogen and oxygen atoms in total. The Kier molecular flexibility index (Phi) is 3.60. The molecule has 0 aliphatic rings. The molecule has 0 spiro atoms. The van der Waals surface area contributed by atoms with E-state index in [2.05, 4.69) is 0 Å². The number of carbonyl (C=O) groups is 1. The molecular formula is C11H14O5. The molecule has 0 fully saturated rings. The summed E-state index contributed by atoms with van der Waals surface area (Å²) >= 11 is 0. The highest BCUT2D eigenvalue weighted by molar-refractivity contribution is 5.72. The number of phenolic OH excluding ortho intramolecular Hbond substituents is 1. The van der Waals surface area contributed by atoms with Crippen LogP contribution in [0.3, 0.4) is 0 Å². The molecule has 5 heteroatoms. The summed E-state index contributed by atoms with van der Waals surface area (Å²) in [7, 11) is 2.89. The molecule has 1 aromatic rings. The van der Waals surface area contributed by atoms with Gasteiger partial charge in [-0.3, -0.25) is 4.79 Å². The minimum absolute atomic E-state index is 0.1000. The molecule has 0 atom stereocenters. The van der Waals surface area contributed by atoms with E-state index in [1.807, 2.05) is 0 Å². The smallest absolute Gasteiger partial charge is 0.308 e. The van der Waals surface area contributed by atoms with Crippen LogP contribution < -0.4 is 14.2 Å². The molecule has 88 valence electrons. The van der Waals surface area contributed by atoms with E-state index in [4.69, 9.17) is 14.2 Å². The SMILES string of the molecule is COc1c(O)cc(OC(C)=O)c(OC)c1C. The average Bonchev–Trinajstić information content (AvgIpc) is 2.17. The number of aromatic hydroxyl groups is 1. The lowest BCUT2D eigenvalue weighted by Gasteiger charge is -2.14. The van der Waals surface area contributed by atoms with E-state index in [0.29, 0.717) is 17.1 Å². The standard InChI is InChI=1S/C11H14O5/c1-6-10(14-3)8(13)5-9(11(6)15-4)16-7(2)12/h5,13H,1-4H3. The summed E-state index contributed by atoms with van der Waals surface area (Å²) < 4.78 is 15.0. The highest BCUT2D eigenvalue weighted by Crippen LogP contribution is 2.43. The molecule has 0 amide bonds. The topological polar surface area (TPSA) is 65.0 Å². The van der Waals surface area contributed by atoms with Crippen LogP contribution in [0, 0.1) is 6.92 Å². The molecule has 0 radical (unpaired) electrons. The van der Waals surface area contributed by atoms with Crippen LogP contribution in [0.1, 0.15) is 12.5 Å². The van der Waals surface area contributed by atoms with Gasteiger partial charge >= 0.3 is 5.97 Å². The minimum Gasteiger partial charge on any atom is -0.504 e. The molecule has 0 saturated carbocycles. The molecular weight excluding hydrogens is 212 g/mol. The number of esters is 1. The van der Waals surface area contributed by atoms with Crippen molar-refractivity contribution in [2.24, 2.45) is 0 Å². The fourth-order valence-corrected chi connectivity index (χ4v) is 1.48. The molecule has 0 aliphatic heterocycles. The maximum atomic E-state index is 10.9. The van der Waals surface area contributed by atoms with Crippen molar-refractivity contribution in [3.05, 3.63) is 11.6 Å². The van der Waals surface area contributed by atoms with E-state index in [-0.39, 0.29) is 11.5 Å². The number of benzene rings is 1. The molecule has 16 heavy (non-hydrogen) atoms. The van der Waals surface area contributed by atoms with Gasteiger partial charge in [0, 0.05) is 18.6 Å². The fourth-order valence-electron chi connectivity index (χ4n) is 1.48. The molecule has 0 bridgehead atoms. The van der Waals surface area contributed by atoms with Crippen LogP contribution in [0.4, 0.5) is 0 Å². The Morgan fingerprint density at radius 1 is 1.25 bits per heavy atom. The first-order valence-electron chi connectivity index (χ1n) is 4.64. The zero-order chi connectivity index (χ0) is 12.3. The van der Waals surface area contributed by atoms with Crippen molar-refractivity contribution in [1.29, 1.82) is 0 Å². The quantitative estimate of drug-likeness (QED) is 0.627. The van der Waals surface area contributed by atoms with Gasteiger partial charge in [-0.1, -0.05) is 0 Å². The van der Waals surface area contributed by atoms with Crippen LogP contribution in [0.25, 0.3) is 0 Å². The number of carbonyl (C=O) groups excluding carboxylic acids is 1. The van der Waals surface area contributed by atoms with Crippen molar-refractivity contribution in [1.82, 2.24) is 0 Å². The first-order valence-corrected chi connectivity index (χ1v) is 4.64. The van der Waals surface area contributed by atoms with Crippen molar-refractivity contribution < 1.29 is 24.1 Å². The van der Waals surface area contributed by atoms with E-state index in [9.17, 15) is 9.90 Å². The first-order chi connectivity index (χ1) is 7.51. The van der Waals surface area contributed by atoms with Crippen molar-refractivity contribution in [3.8, 4) is 23.0 Å². The minimum atomic E-state index is -0.484. The lowest BCUT2D eigenvalue weighted by atomic mass is 10.1. The van der Waals surface area contributed by atoms with Gasteiger partial charge in [0.1, 0.15) is 0 Å². The molecule has 1 aromatic carbocycles. The number of methoxy groups -OCH3 is 2. The zero-order valence-electron chi connectivity index (χ0n) is 9.66. The molecule has 0 heterocycles. The van der Waals surface area contributed by atoms with Crippen LogP contribution in [0.5, 0.6) is 23.0 Å².